The molecule has 132 valence electrons. The summed E-state index contributed by atoms with van der Waals surface area (Å²) in [5.74, 6) is -0.338. The summed E-state index contributed by atoms with van der Waals surface area (Å²) >= 11 is 0. The number of carbonyl (C=O) groups excluding carboxylic acids is 2. The molecule has 0 aromatic heterocycles. The van der Waals surface area contributed by atoms with E-state index in [1.165, 1.54) is 4.90 Å². The van der Waals surface area contributed by atoms with Crippen molar-refractivity contribution in [2.75, 3.05) is 0 Å². The van der Waals surface area contributed by atoms with E-state index in [0.29, 0.717) is 0 Å². The number of carbonyl (C=O) groups is 2. The number of hydrogen-bond donors (Lipinski definition) is 0. The summed E-state index contributed by atoms with van der Waals surface area (Å²) in [7, 11) is 0. The predicted molar refractivity (Wildman–Crippen MR) is 91.0 cm³/mol. The lowest BCUT2D eigenvalue weighted by Gasteiger charge is -2.34. The number of amides is 1. The molecule has 0 saturated carbocycles. The molecular weight excluding hydrogens is 306 g/mol. The van der Waals surface area contributed by atoms with E-state index in [2.05, 4.69) is 0 Å². The van der Waals surface area contributed by atoms with Crippen molar-refractivity contribution in [1.82, 2.24) is 4.90 Å². The molecular formula is C19H27NO4. The zero-order chi connectivity index (χ0) is 17.9. The third kappa shape index (κ3) is 3.89. The summed E-state index contributed by atoms with van der Waals surface area (Å²) in [6.07, 6.45) is -0.346. The van der Waals surface area contributed by atoms with Gasteiger partial charge in [-0.2, -0.15) is 0 Å². The van der Waals surface area contributed by atoms with Gasteiger partial charge in [0.2, 0.25) is 0 Å². The molecule has 3 atom stereocenters. The van der Waals surface area contributed by atoms with Gasteiger partial charge in [0.1, 0.15) is 12.6 Å². The van der Waals surface area contributed by atoms with Crippen molar-refractivity contribution < 1.29 is 19.1 Å². The van der Waals surface area contributed by atoms with Crippen LogP contribution in [0.4, 0.5) is 4.79 Å². The third-order valence-electron chi connectivity index (χ3n) is 4.36. The van der Waals surface area contributed by atoms with E-state index in [-0.39, 0.29) is 23.9 Å². The molecule has 2 rings (SSSR count). The van der Waals surface area contributed by atoms with Gasteiger partial charge in [-0.05, 0) is 11.5 Å². The molecule has 0 N–H and O–H groups in total. The van der Waals surface area contributed by atoms with Crippen LogP contribution in [-0.4, -0.2) is 29.2 Å². The Labute approximate surface area is 143 Å². The van der Waals surface area contributed by atoms with Gasteiger partial charge < -0.3 is 9.47 Å². The highest BCUT2D eigenvalue weighted by Crippen LogP contribution is 2.36. The van der Waals surface area contributed by atoms with Crippen molar-refractivity contribution in [2.24, 2.45) is 11.3 Å². The fourth-order valence-electron chi connectivity index (χ4n) is 2.82. The first-order valence-electron chi connectivity index (χ1n) is 8.45. The molecule has 1 aliphatic rings. The monoisotopic (exact) mass is 333 g/mol. The van der Waals surface area contributed by atoms with Crippen molar-refractivity contribution >= 4 is 12.1 Å². The van der Waals surface area contributed by atoms with Crippen LogP contribution in [0.3, 0.4) is 0 Å². The Balaban J connectivity index is 2.19. The van der Waals surface area contributed by atoms with Crippen LogP contribution < -0.4 is 0 Å². The van der Waals surface area contributed by atoms with Crippen LogP contribution in [0.25, 0.3) is 0 Å². The number of nitrogens with zero attached hydrogens (tertiary/aromatic N) is 1. The molecule has 0 spiro atoms. The quantitative estimate of drug-likeness (QED) is 0.782. The summed E-state index contributed by atoms with van der Waals surface area (Å²) in [6.45, 7) is 9.96. The van der Waals surface area contributed by atoms with Crippen LogP contribution in [0, 0.1) is 11.3 Å². The molecule has 5 heteroatoms. The molecule has 1 fully saturated rings. The Morgan fingerprint density at radius 2 is 1.92 bits per heavy atom. The molecule has 1 heterocycles. The number of cyclic esters (lactones) is 1. The first-order chi connectivity index (χ1) is 11.3. The average molecular weight is 333 g/mol. The van der Waals surface area contributed by atoms with Crippen LogP contribution >= 0.6 is 0 Å². The van der Waals surface area contributed by atoms with Gasteiger partial charge in [0.25, 0.3) is 0 Å². The molecule has 0 bridgehead atoms. The molecule has 1 aliphatic heterocycles. The van der Waals surface area contributed by atoms with Gasteiger partial charge in [-0.1, -0.05) is 71.4 Å². The molecule has 24 heavy (non-hydrogen) atoms. The number of esters is 1. The Bertz CT molecular complexity index is 579. The SMILES string of the molecule is CC[C@H](C)[C@@H]1C(=O)O[C@H](C(C)(C)C)N1C(=O)OCc1ccccc1. The van der Waals surface area contributed by atoms with Crippen molar-refractivity contribution in [3.63, 3.8) is 0 Å². The molecule has 5 nitrogen and oxygen atoms in total. The second-order valence-electron chi connectivity index (χ2n) is 7.43. The van der Waals surface area contributed by atoms with Crippen LogP contribution in [-0.2, 0) is 20.9 Å². The Hall–Kier alpha value is -2.04. The normalized spacial score (nSPS) is 22.2. The van der Waals surface area contributed by atoms with E-state index in [9.17, 15) is 9.59 Å². The minimum Gasteiger partial charge on any atom is -0.444 e. The summed E-state index contributed by atoms with van der Waals surface area (Å²) < 4.78 is 11.0. The van der Waals surface area contributed by atoms with E-state index >= 15 is 0 Å². The van der Waals surface area contributed by atoms with Crippen LogP contribution in [0.2, 0.25) is 0 Å². The van der Waals surface area contributed by atoms with Crippen LogP contribution in [0.5, 0.6) is 0 Å². The number of ether oxygens (including phenoxy) is 2. The zero-order valence-electron chi connectivity index (χ0n) is 15.1. The van der Waals surface area contributed by atoms with Gasteiger partial charge in [0.05, 0.1) is 0 Å². The Kier molecular flexibility index (Phi) is 5.52. The molecule has 1 aromatic carbocycles. The fraction of sp³-hybridized carbons (Fsp3) is 0.579. The third-order valence-corrected chi connectivity index (χ3v) is 4.36. The maximum absolute atomic E-state index is 12.7. The molecule has 0 unspecified atom stereocenters. The largest absolute Gasteiger partial charge is 0.444 e. The molecule has 1 aromatic rings. The van der Waals surface area contributed by atoms with E-state index in [1.54, 1.807) is 0 Å². The first-order valence-corrected chi connectivity index (χ1v) is 8.45. The van der Waals surface area contributed by atoms with Crippen molar-refractivity contribution in [3.05, 3.63) is 35.9 Å². The highest BCUT2D eigenvalue weighted by molar-refractivity contribution is 5.85. The summed E-state index contributed by atoms with van der Waals surface area (Å²) in [5, 5.41) is 0. The minimum absolute atomic E-state index is 0.00845. The van der Waals surface area contributed by atoms with Gasteiger partial charge in [-0.15, -0.1) is 0 Å². The molecule has 0 aliphatic carbocycles. The number of benzene rings is 1. The predicted octanol–water partition coefficient (Wildman–Crippen LogP) is 3.97. The zero-order valence-corrected chi connectivity index (χ0v) is 15.1. The van der Waals surface area contributed by atoms with E-state index < -0.39 is 18.4 Å². The molecule has 0 radical (unpaired) electrons. The lowest BCUT2D eigenvalue weighted by Crippen LogP contribution is -2.50. The maximum Gasteiger partial charge on any atom is 0.413 e. The second kappa shape index (κ2) is 7.24. The van der Waals surface area contributed by atoms with Gasteiger partial charge in [0, 0.05) is 5.41 Å². The molecule has 1 saturated heterocycles. The van der Waals surface area contributed by atoms with Crippen molar-refractivity contribution in [2.45, 2.75) is 59.9 Å². The minimum atomic E-state index is -0.618. The highest BCUT2D eigenvalue weighted by atomic mass is 16.6. The summed E-state index contributed by atoms with van der Waals surface area (Å²) in [4.78, 5) is 26.6. The van der Waals surface area contributed by atoms with Gasteiger partial charge in [0.15, 0.2) is 6.23 Å². The van der Waals surface area contributed by atoms with E-state index in [0.717, 1.165) is 12.0 Å². The van der Waals surface area contributed by atoms with Gasteiger partial charge in [-0.25, -0.2) is 9.59 Å². The highest BCUT2D eigenvalue weighted by Gasteiger charge is 2.52. The maximum atomic E-state index is 12.7. The Morgan fingerprint density at radius 1 is 1.29 bits per heavy atom. The van der Waals surface area contributed by atoms with Gasteiger partial charge in [-0.3, -0.25) is 4.90 Å². The van der Waals surface area contributed by atoms with E-state index in [4.69, 9.17) is 9.47 Å². The smallest absolute Gasteiger partial charge is 0.413 e. The lowest BCUT2D eigenvalue weighted by atomic mass is 9.92. The second-order valence-corrected chi connectivity index (χ2v) is 7.43. The fourth-order valence-corrected chi connectivity index (χ4v) is 2.82. The number of rotatable bonds is 4. The van der Waals surface area contributed by atoms with E-state index in [1.807, 2.05) is 65.0 Å². The average Bonchev–Trinajstić information content (AvgIpc) is 2.90. The standard InChI is InChI=1S/C19H27NO4/c1-6-13(2)15-16(21)24-17(19(3,4)5)20(15)18(22)23-12-14-10-8-7-9-11-14/h7-11,13,15,17H,6,12H2,1-5H3/t13-,15+,17+/m0/s1. The van der Waals surface area contributed by atoms with Crippen molar-refractivity contribution in [1.29, 1.82) is 0 Å². The first kappa shape index (κ1) is 18.3. The summed E-state index contributed by atoms with van der Waals surface area (Å²) in [6, 6.07) is 8.89. The topological polar surface area (TPSA) is 55.8 Å². The van der Waals surface area contributed by atoms with Crippen LogP contribution in [0.15, 0.2) is 30.3 Å². The van der Waals surface area contributed by atoms with Crippen LogP contribution in [0.1, 0.15) is 46.6 Å². The Morgan fingerprint density at radius 3 is 2.46 bits per heavy atom. The molecule has 1 amide bonds. The van der Waals surface area contributed by atoms with Gasteiger partial charge >= 0.3 is 12.1 Å². The van der Waals surface area contributed by atoms with Crippen molar-refractivity contribution in [3.8, 4) is 0 Å². The lowest BCUT2D eigenvalue weighted by molar-refractivity contribution is -0.147. The summed E-state index contributed by atoms with van der Waals surface area (Å²) in [5.41, 5.74) is 0.522. The number of hydrogen-bond acceptors (Lipinski definition) is 4.